The van der Waals surface area contributed by atoms with Gasteiger partial charge < -0.3 is 24.8 Å². The van der Waals surface area contributed by atoms with Crippen molar-refractivity contribution in [3.8, 4) is 0 Å². The first-order valence-electron chi connectivity index (χ1n) is 3.46. The summed E-state index contributed by atoms with van der Waals surface area (Å²) >= 11 is 0. The molecule has 0 aromatic heterocycles. The van der Waals surface area contributed by atoms with Crippen molar-refractivity contribution in [2.24, 2.45) is 0 Å². The minimum Gasteiger partial charge on any atom is -0.393 e. The zero-order valence-corrected chi connectivity index (χ0v) is 5.80. The van der Waals surface area contributed by atoms with Crippen LogP contribution in [0.5, 0.6) is 0 Å². The number of rotatable bonds is 1. The predicted octanol–water partition coefficient (Wildman–Crippen LogP) is -2.17. The van der Waals surface area contributed by atoms with Crippen molar-refractivity contribution < 1.29 is 24.8 Å². The Bertz CT molecular complexity index is 172. The van der Waals surface area contributed by atoms with Gasteiger partial charge in [0.15, 0.2) is 6.29 Å². The summed E-state index contributed by atoms with van der Waals surface area (Å²) in [4.78, 5) is 0. The van der Waals surface area contributed by atoms with Crippen LogP contribution >= 0.6 is 0 Å². The van der Waals surface area contributed by atoms with Gasteiger partial charge >= 0.3 is 0 Å². The van der Waals surface area contributed by atoms with E-state index in [9.17, 15) is 5.11 Å². The van der Waals surface area contributed by atoms with Gasteiger partial charge in [-0.3, -0.25) is 0 Å². The summed E-state index contributed by atoms with van der Waals surface area (Å²) in [6.07, 6.45) is -2.71. The molecule has 5 nitrogen and oxygen atoms in total. The van der Waals surface area contributed by atoms with Crippen molar-refractivity contribution in [1.82, 2.24) is 0 Å². The monoisotopic (exact) mass is 162 g/mol. The van der Waals surface area contributed by atoms with Gasteiger partial charge in [0, 0.05) is 0 Å². The first-order chi connectivity index (χ1) is 5.19. The minimum absolute atomic E-state index is 0.145. The zero-order chi connectivity index (χ0) is 8.06. The molecule has 2 aliphatic rings. The number of aliphatic hydroxyl groups excluding tert-OH is 3. The number of fused-ring (bicyclic) bond motifs is 2. The molecule has 0 radical (unpaired) electrons. The van der Waals surface area contributed by atoms with E-state index in [-0.39, 0.29) is 13.2 Å². The summed E-state index contributed by atoms with van der Waals surface area (Å²) in [5.41, 5.74) is -1.08. The summed E-state index contributed by atoms with van der Waals surface area (Å²) < 4.78 is 9.93. The van der Waals surface area contributed by atoms with Crippen LogP contribution in [-0.4, -0.2) is 52.6 Å². The topological polar surface area (TPSA) is 79.2 Å². The molecule has 0 aromatic rings. The van der Waals surface area contributed by atoms with Gasteiger partial charge in [0.1, 0.15) is 17.8 Å². The molecule has 0 aromatic carbocycles. The van der Waals surface area contributed by atoms with E-state index in [0.717, 1.165) is 0 Å². The summed E-state index contributed by atoms with van der Waals surface area (Å²) in [5, 5.41) is 27.3. The molecule has 2 aliphatic heterocycles. The van der Waals surface area contributed by atoms with E-state index in [0.29, 0.717) is 0 Å². The first kappa shape index (κ1) is 7.45. The van der Waals surface area contributed by atoms with Gasteiger partial charge in [-0.05, 0) is 0 Å². The third-order valence-electron chi connectivity index (χ3n) is 2.27. The fraction of sp³-hybridized carbons (Fsp3) is 1.00. The Labute approximate surface area is 63.2 Å². The molecule has 2 fully saturated rings. The maximum atomic E-state index is 9.38. The molecule has 5 heteroatoms. The van der Waals surface area contributed by atoms with E-state index in [1.807, 2.05) is 0 Å². The first-order valence-corrected chi connectivity index (χ1v) is 3.46. The molecule has 64 valence electrons. The van der Waals surface area contributed by atoms with E-state index in [1.165, 1.54) is 0 Å². The minimum atomic E-state index is -1.11. The zero-order valence-electron chi connectivity index (χ0n) is 5.80. The third kappa shape index (κ3) is 0.771. The quantitative estimate of drug-likeness (QED) is 0.409. The van der Waals surface area contributed by atoms with Gasteiger partial charge in [-0.15, -0.1) is 0 Å². The maximum Gasteiger partial charge on any atom is 0.184 e. The third-order valence-corrected chi connectivity index (χ3v) is 2.27. The van der Waals surface area contributed by atoms with Crippen LogP contribution in [0.1, 0.15) is 0 Å². The average molecular weight is 162 g/mol. The van der Waals surface area contributed by atoms with Crippen LogP contribution in [0.2, 0.25) is 0 Å². The summed E-state index contributed by atoms with van der Waals surface area (Å²) in [6.45, 7) is -0.186. The van der Waals surface area contributed by atoms with E-state index in [2.05, 4.69) is 0 Å². The largest absolute Gasteiger partial charge is 0.393 e. The Morgan fingerprint density at radius 1 is 1.45 bits per heavy atom. The van der Waals surface area contributed by atoms with Gasteiger partial charge in [0.25, 0.3) is 0 Å². The second kappa shape index (κ2) is 2.15. The number of ether oxygens (including phenoxy) is 2. The highest BCUT2D eigenvalue weighted by molar-refractivity contribution is 5.05. The summed E-state index contributed by atoms with van der Waals surface area (Å²) in [6, 6.07) is 0. The molecule has 0 unspecified atom stereocenters. The second-order valence-electron chi connectivity index (χ2n) is 2.95. The molecule has 0 spiro atoms. The number of aliphatic hydroxyl groups is 3. The fourth-order valence-corrected chi connectivity index (χ4v) is 1.54. The Morgan fingerprint density at radius 3 is 2.45 bits per heavy atom. The normalized spacial score (nSPS) is 55.4. The van der Waals surface area contributed by atoms with E-state index in [4.69, 9.17) is 19.7 Å². The van der Waals surface area contributed by atoms with Crippen molar-refractivity contribution in [2.75, 3.05) is 13.2 Å². The van der Waals surface area contributed by atoms with E-state index < -0.39 is 24.1 Å². The Kier molecular flexibility index (Phi) is 1.45. The summed E-state index contributed by atoms with van der Waals surface area (Å²) in [5.74, 6) is 0. The predicted molar refractivity (Wildman–Crippen MR) is 32.7 cm³/mol. The van der Waals surface area contributed by atoms with Gasteiger partial charge in [0.05, 0.1) is 13.2 Å². The maximum absolute atomic E-state index is 9.38. The van der Waals surface area contributed by atoms with Crippen molar-refractivity contribution in [3.05, 3.63) is 0 Å². The molecule has 2 bridgehead atoms. The fourth-order valence-electron chi connectivity index (χ4n) is 1.54. The lowest BCUT2D eigenvalue weighted by Crippen LogP contribution is -2.44. The average Bonchev–Trinajstić information content (AvgIpc) is 2.42. The van der Waals surface area contributed by atoms with Crippen LogP contribution in [0.15, 0.2) is 0 Å². The van der Waals surface area contributed by atoms with Crippen LogP contribution < -0.4 is 0 Å². The lowest BCUT2D eigenvalue weighted by molar-refractivity contribution is -0.231. The van der Waals surface area contributed by atoms with Crippen LogP contribution in [0.4, 0.5) is 0 Å². The number of hydrogen-bond acceptors (Lipinski definition) is 5. The van der Waals surface area contributed by atoms with Gasteiger partial charge in [-0.2, -0.15) is 0 Å². The highest BCUT2D eigenvalue weighted by atomic mass is 16.7. The van der Waals surface area contributed by atoms with Crippen molar-refractivity contribution >= 4 is 0 Å². The molecule has 3 N–H and O–H groups in total. The number of hydrogen-bond donors (Lipinski definition) is 3. The van der Waals surface area contributed by atoms with E-state index in [1.54, 1.807) is 0 Å². The highest BCUT2D eigenvalue weighted by Crippen LogP contribution is 2.38. The summed E-state index contributed by atoms with van der Waals surface area (Å²) in [7, 11) is 0. The molecule has 0 aliphatic carbocycles. The molecular formula is C6H10O5. The lowest BCUT2D eigenvalue weighted by Gasteiger charge is -2.26. The second-order valence-corrected chi connectivity index (χ2v) is 2.95. The van der Waals surface area contributed by atoms with Gasteiger partial charge in [-0.25, -0.2) is 0 Å². The Morgan fingerprint density at radius 2 is 2.18 bits per heavy atom. The Balaban J connectivity index is 2.24. The molecular weight excluding hydrogens is 152 g/mol. The van der Waals surface area contributed by atoms with E-state index >= 15 is 0 Å². The molecule has 0 amide bonds. The Hall–Kier alpha value is -0.200. The van der Waals surface area contributed by atoms with Gasteiger partial charge in [-0.1, -0.05) is 0 Å². The molecule has 0 saturated carbocycles. The van der Waals surface area contributed by atoms with Crippen LogP contribution in [-0.2, 0) is 9.47 Å². The van der Waals surface area contributed by atoms with Crippen molar-refractivity contribution in [1.29, 1.82) is 0 Å². The molecule has 11 heavy (non-hydrogen) atoms. The standard InChI is InChI=1S/C6H10O5/c7-1-6-2-10-3(4(6)8)5(9)11-6/h3-5,7-9H,1-2H2/t3-,4+,5+,6+/m0/s1. The molecule has 4 atom stereocenters. The van der Waals surface area contributed by atoms with Crippen LogP contribution in [0, 0.1) is 0 Å². The van der Waals surface area contributed by atoms with Crippen LogP contribution in [0.25, 0.3) is 0 Å². The van der Waals surface area contributed by atoms with Crippen molar-refractivity contribution in [3.63, 3.8) is 0 Å². The van der Waals surface area contributed by atoms with Gasteiger partial charge in [0.2, 0.25) is 0 Å². The molecule has 2 saturated heterocycles. The van der Waals surface area contributed by atoms with Crippen molar-refractivity contribution in [2.45, 2.75) is 24.1 Å². The molecule has 2 rings (SSSR count). The lowest BCUT2D eigenvalue weighted by atomic mass is 10.0. The molecule has 2 heterocycles. The SMILES string of the molecule is OC[C@]12CO[C@H]([C@H](O)O1)[C@H]2O. The smallest absolute Gasteiger partial charge is 0.184 e. The highest BCUT2D eigenvalue weighted by Gasteiger charge is 2.60. The van der Waals surface area contributed by atoms with Crippen LogP contribution in [0.3, 0.4) is 0 Å².